The van der Waals surface area contributed by atoms with Gasteiger partial charge in [-0.3, -0.25) is 15.1 Å². The van der Waals surface area contributed by atoms with Crippen molar-refractivity contribution in [3.05, 3.63) is 70.0 Å². The quantitative estimate of drug-likeness (QED) is 0.606. The largest absolute Gasteiger partial charge is 0.484 e. The maximum Gasteiger partial charge on any atom is 0.207 e. The van der Waals surface area contributed by atoms with Gasteiger partial charge in [0.1, 0.15) is 23.5 Å². The van der Waals surface area contributed by atoms with Crippen LogP contribution in [-0.2, 0) is 0 Å². The van der Waals surface area contributed by atoms with Crippen molar-refractivity contribution in [1.29, 1.82) is 0 Å². The highest BCUT2D eigenvalue weighted by atomic mass is 19.1. The molecule has 2 rings (SSSR count). The predicted octanol–water partition coefficient (Wildman–Crippen LogP) is 3.15. The fraction of sp³-hybridized carbons (Fsp3) is 0.214. The van der Waals surface area contributed by atoms with E-state index in [9.17, 15) is 18.9 Å². The summed E-state index contributed by atoms with van der Waals surface area (Å²) < 4.78 is 31.6. The van der Waals surface area contributed by atoms with Crippen LogP contribution in [0.25, 0.3) is 0 Å². The fourth-order valence-corrected chi connectivity index (χ4v) is 1.77. The van der Waals surface area contributed by atoms with E-state index in [4.69, 9.17) is 4.74 Å². The van der Waals surface area contributed by atoms with E-state index in [-0.39, 0.29) is 18.7 Å². The first-order valence-electron chi connectivity index (χ1n) is 6.20. The molecule has 0 bridgehead atoms. The summed E-state index contributed by atoms with van der Waals surface area (Å²) in [5.74, 6) is -0.764. The maximum absolute atomic E-state index is 13.1. The third-order valence-corrected chi connectivity index (χ3v) is 2.73. The lowest BCUT2D eigenvalue weighted by atomic mass is 10.1. The number of halogens is 2. The van der Waals surface area contributed by atoms with Crippen LogP contribution < -0.4 is 4.74 Å². The molecule has 0 saturated heterocycles. The van der Waals surface area contributed by atoms with Gasteiger partial charge < -0.3 is 4.74 Å². The van der Waals surface area contributed by atoms with Crippen LogP contribution in [0.2, 0.25) is 0 Å². The Morgan fingerprint density at radius 2 is 2.05 bits per heavy atom. The third kappa shape index (κ3) is 4.48. The van der Waals surface area contributed by atoms with Gasteiger partial charge in [-0.1, -0.05) is 6.07 Å². The average Bonchev–Trinajstić information content (AvgIpc) is 2.44. The smallest absolute Gasteiger partial charge is 0.207 e. The molecule has 1 unspecified atom stereocenters. The molecular formula is C14H12F2N2O3. The number of hydrogen-bond acceptors (Lipinski definition) is 4. The second-order valence-electron chi connectivity index (χ2n) is 4.31. The lowest BCUT2D eigenvalue weighted by molar-refractivity contribution is -0.482. The Balaban J connectivity index is 2.19. The zero-order chi connectivity index (χ0) is 15.2. The standard InChI is InChI=1S/C14H12F2N2O3/c15-10-2-1-3-12(8-10)21-14(6-7-18(19)20)13-5-4-11(16)9-17-13/h1-5,8-9,14H,6-7H2. The highest BCUT2D eigenvalue weighted by molar-refractivity contribution is 5.23. The summed E-state index contributed by atoms with van der Waals surface area (Å²) in [6, 6.07) is 8.01. The molecule has 0 radical (unpaired) electrons. The van der Waals surface area contributed by atoms with Crippen molar-refractivity contribution in [2.75, 3.05) is 6.54 Å². The molecule has 1 atom stereocenters. The molecule has 0 fully saturated rings. The summed E-state index contributed by atoms with van der Waals surface area (Å²) in [4.78, 5) is 13.9. The molecule has 1 aromatic carbocycles. The molecule has 1 aromatic heterocycles. The van der Waals surface area contributed by atoms with Gasteiger partial charge in [0.15, 0.2) is 0 Å². The summed E-state index contributed by atoms with van der Waals surface area (Å²) in [5.41, 5.74) is 0.350. The number of pyridine rings is 1. The van der Waals surface area contributed by atoms with Crippen LogP contribution in [0.1, 0.15) is 18.2 Å². The van der Waals surface area contributed by atoms with Crippen molar-refractivity contribution in [3.8, 4) is 5.75 Å². The zero-order valence-electron chi connectivity index (χ0n) is 10.9. The summed E-state index contributed by atoms with van der Waals surface area (Å²) in [7, 11) is 0. The monoisotopic (exact) mass is 294 g/mol. The Morgan fingerprint density at radius 1 is 1.24 bits per heavy atom. The first-order valence-corrected chi connectivity index (χ1v) is 6.20. The minimum Gasteiger partial charge on any atom is -0.484 e. The SMILES string of the molecule is O=[N+]([O-])CCC(Oc1cccc(F)c1)c1ccc(F)cn1. The number of hydrogen-bond donors (Lipinski definition) is 0. The van der Waals surface area contributed by atoms with Crippen molar-refractivity contribution in [1.82, 2.24) is 4.98 Å². The Hall–Kier alpha value is -2.57. The van der Waals surface area contributed by atoms with Crippen LogP contribution in [0.4, 0.5) is 8.78 Å². The van der Waals surface area contributed by atoms with Crippen molar-refractivity contribution in [2.24, 2.45) is 0 Å². The molecule has 110 valence electrons. The van der Waals surface area contributed by atoms with E-state index >= 15 is 0 Å². The number of nitrogens with zero attached hydrogens (tertiary/aromatic N) is 2. The van der Waals surface area contributed by atoms with Crippen molar-refractivity contribution < 1.29 is 18.4 Å². The van der Waals surface area contributed by atoms with E-state index in [1.54, 1.807) is 0 Å². The Morgan fingerprint density at radius 3 is 2.67 bits per heavy atom. The van der Waals surface area contributed by atoms with Crippen LogP contribution in [0.3, 0.4) is 0 Å². The first kappa shape index (κ1) is 14.8. The van der Waals surface area contributed by atoms with Crippen LogP contribution in [0, 0.1) is 21.7 Å². The molecule has 1 heterocycles. The molecule has 7 heteroatoms. The van der Waals surface area contributed by atoms with Crippen LogP contribution in [0.15, 0.2) is 42.6 Å². The van der Waals surface area contributed by atoms with Crippen molar-refractivity contribution in [3.63, 3.8) is 0 Å². The number of benzene rings is 1. The van der Waals surface area contributed by atoms with E-state index in [2.05, 4.69) is 4.98 Å². The van der Waals surface area contributed by atoms with Gasteiger partial charge in [-0.25, -0.2) is 8.78 Å². The van der Waals surface area contributed by atoms with Gasteiger partial charge in [-0.15, -0.1) is 0 Å². The highest BCUT2D eigenvalue weighted by Gasteiger charge is 2.18. The summed E-state index contributed by atoms with van der Waals surface area (Å²) >= 11 is 0. The molecule has 5 nitrogen and oxygen atoms in total. The molecule has 21 heavy (non-hydrogen) atoms. The fourth-order valence-electron chi connectivity index (χ4n) is 1.77. The van der Waals surface area contributed by atoms with Gasteiger partial charge in [-0.05, 0) is 24.3 Å². The van der Waals surface area contributed by atoms with E-state index in [1.807, 2.05) is 0 Å². The van der Waals surface area contributed by atoms with Gasteiger partial charge in [0.05, 0.1) is 18.3 Å². The Kier molecular flexibility index (Phi) is 4.76. The normalized spacial score (nSPS) is 11.9. The first-order chi connectivity index (χ1) is 10.0. The van der Waals surface area contributed by atoms with Gasteiger partial charge in [-0.2, -0.15) is 0 Å². The maximum atomic E-state index is 13.1. The minimum absolute atomic E-state index is 0.0438. The third-order valence-electron chi connectivity index (χ3n) is 2.73. The lowest BCUT2D eigenvalue weighted by Crippen LogP contribution is -2.14. The van der Waals surface area contributed by atoms with Gasteiger partial charge >= 0.3 is 0 Å². The van der Waals surface area contributed by atoms with Gasteiger partial charge in [0.2, 0.25) is 6.54 Å². The van der Waals surface area contributed by atoms with Crippen LogP contribution in [-0.4, -0.2) is 16.5 Å². The number of ether oxygens (including phenoxy) is 1. The van der Waals surface area contributed by atoms with E-state index in [0.717, 1.165) is 6.20 Å². The minimum atomic E-state index is -0.752. The number of nitro groups is 1. The molecule has 0 spiro atoms. The molecule has 0 aliphatic rings. The molecule has 0 saturated carbocycles. The van der Waals surface area contributed by atoms with Crippen LogP contribution >= 0.6 is 0 Å². The van der Waals surface area contributed by atoms with Gasteiger partial charge in [0, 0.05) is 11.0 Å². The predicted molar refractivity (Wildman–Crippen MR) is 70.4 cm³/mol. The van der Waals surface area contributed by atoms with Crippen molar-refractivity contribution in [2.45, 2.75) is 12.5 Å². The molecule has 0 aliphatic heterocycles. The molecule has 0 amide bonds. The Labute approximate surface area is 119 Å². The topological polar surface area (TPSA) is 65.3 Å². The van der Waals surface area contributed by atoms with Crippen molar-refractivity contribution >= 4 is 0 Å². The second-order valence-corrected chi connectivity index (χ2v) is 4.31. The molecule has 0 N–H and O–H groups in total. The van der Waals surface area contributed by atoms with E-state index in [1.165, 1.54) is 36.4 Å². The molecular weight excluding hydrogens is 282 g/mol. The van der Waals surface area contributed by atoms with Gasteiger partial charge in [0.25, 0.3) is 0 Å². The van der Waals surface area contributed by atoms with E-state index < -0.39 is 22.7 Å². The zero-order valence-corrected chi connectivity index (χ0v) is 10.9. The Bertz CT molecular complexity index is 620. The molecule has 2 aromatic rings. The van der Waals surface area contributed by atoms with E-state index in [0.29, 0.717) is 5.69 Å². The highest BCUT2D eigenvalue weighted by Crippen LogP contribution is 2.24. The summed E-state index contributed by atoms with van der Waals surface area (Å²) in [5, 5.41) is 10.5. The second kappa shape index (κ2) is 6.74. The number of rotatable bonds is 6. The average molecular weight is 294 g/mol. The van der Waals surface area contributed by atoms with Crippen LogP contribution in [0.5, 0.6) is 5.75 Å². The number of aromatic nitrogens is 1. The summed E-state index contributed by atoms with van der Waals surface area (Å²) in [6.07, 6.45) is 0.295. The molecule has 0 aliphatic carbocycles. The summed E-state index contributed by atoms with van der Waals surface area (Å²) in [6.45, 7) is -0.334. The lowest BCUT2D eigenvalue weighted by Gasteiger charge is -2.17.